The average molecular weight is 447 g/mol. The van der Waals surface area contributed by atoms with Crippen LogP contribution in [0.25, 0.3) is 0 Å². The van der Waals surface area contributed by atoms with Crippen LogP contribution >= 0.6 is 0 Å². The van der Waals surface area contributed by atoms with E-state index in [1.807, 2.05) is 60.7 Å². The molecule has 3 aliphatic heterocycles. The maximum Gasteiger partial charge on any atom is 0.153 e. The van der Waals surface area contributed by atoms with E-state index in [-0.39, 0.29) is 47.2 Å². The third kappa shape index (κ3) is 3.82. The lowest BCUT2D eigenvalue weighted by Crippen LogP contribution is -2.67. The number of piperazine rings is 1. The van der Waals surface area contributed by atoms with Crippen molar-refractivity contribution in [2.45, 2.75) is 37.3 Å². The molecular formula is C22H26N2O4S2. The van der Waals surface area contributed by atoms with Crippen LogP contribution in [0.1, 0.15) is 11.1 Å². The minimum absolute atomic E-state index is 0.0963. The van der Waals surface area contributed by atoms with Crippen LogP contribution in [0, 0.1) is 0 Å². The maximum atomic E-state index is 12.7. The van der Waals surface area contributed by atoms with Gasteiger partial charge >= 0.3 is 0 Å². The molecule has 0 saturated carbocycles. The lowest BCUT2D eigenvalue weighted by molar-refractivity contribution is -0.0341. The Bertz CT molecular complexity index is 993. The van der Waals surface area contributed by atoms with Gasteiger partial charge in [-0.05, 0) is 11.1 Å². The molecule has 2 aromatic rings. The molecule has 0 amide bonds. The van der Waals surface area contributed by atoms with Crippen molar-refractivity contribution in [3.8, 4) is 0 Å². The van der Waals surface area contributed by atoms with E-state index in [2.05, 4.69) is 9.80 Å². The van der Waals surface area contributed by atoms with Crippen LogP contribution in [0.5, 0.6) is 0 Å². The standard InChI is InChI=1S/C22H26N2O4S2/c25-29(26)13-19-21(15-29)24(12-18-9-5-2-6-10-18)22-16-30(27,28)14-20(22)23(19)11-17-7-3-1-4-8-17/h1-10,19-22H,11-16H2/t19-,20-,21+,22+. The van der Waals surface area contributed by atoms with Gasteiger partial charge in [0, 0.05) is 37.3 Å². The lowest BCUT2D eigenvalue weighted by Gasteiger charge is -2.51. The van der Waals surface area contributed by atoms with E-state index in [4.69, 9.17) is 0 Å². The monoisotopic (exact) mass is 446 g/mol. The summed E-state index contributed by atoms with van der Waals surface area (Å²) in [7, 11) is -6.34. The van der Waals surface area contributed by atoms with Crippen molar-refractivity contribution in [2.75, 3.05) is 23.0 Å². The van der Waals surface area contributed by atoms with Gasteiger partial charge < -0.3 is 0 Å². The number of nitrogens with zero attached hydrogens (tertiary/aromatic N) is 2. The largest absolute Gasteiger partial charge is 0.288 e. The van der Waals surface area contributed by atoms with Crippen molar-refractivity contribution < 1.29 is 16.8 Å². The van der Waals surface area contributed by atoms with E-state index < -0.39 is 19.7 Å². The zero-order valence-corrected chi connectivity index (χ0v) is 18.3. The fraction of sp³-hybridized carbons (Fsp3) is 0.455. The summed E-state index contributed by atoms with van der Waals surface area (Å²) in [5, 5.41) is 0. The number of sulfone groups is 2. The van der Waals surface area contributed by atoms with Crippen LogP contribution in [0.15, 0.2) is 60.7 Å². The topological polar surface area (TPSA) is 74.8 Å². The van der Waals surface area contributed by atoms with Crippen molar-refractivity contribution >= 4 is 19.7 Å². The van der Waals surface area contributed by atoms with E-state index in [9.17, 15) is 16.8 Å². The van der Waals surface area contributed by atoms with Gasteiger partial charge in [0.15, 0.2) is 19.7 Å². The first-order valence-corrected chi connectivity index (χ1v) is 14.0. The third-order valence-corrected chi connectivity index (χ3v) is 10.1. The number of hydrogen-bond acceptors (Lipinski definition) is 6. The highest BCUT2D eigenvalue weighted by molar-refractivity contribution is 7.92. The summed E-state index contributed by atoms with van der Waals surface area (Å²) < 4.78 is 50.7. The molecule has 4 atom stereocenters. The Balaban J connectivity index is 1.54. The molecule has 0 bridgehead atoms. The Kier molecular flexibility index (Phi) is 5.01. The van der Waals surface area contributed by atoms with Gasteiger partial charge in [0.25, 0.3) is 0 Å². The second-order valence-electron chi connectivity index (χ2n) is 8.74. The molecule has 160 valence electrons. The first-order valence-electron chi connectivity index (χ1n) is 10.3. The Labute approximate surface area is 178 Å². The number of fused-ring (bicyclic) bond motifs is 2. The van der Waals surface area contributed by atoms with Crippen molar-refractivity contribution in [2.24, 2.45) is 0 Å². The highest BCUT2D eigenvalue weighted by Crippen LogP contribution is 2.39. The molecule has 0 spiro atoms. The maximum absolute atomic E-state index is 12.7. The second kappa shape index (κ2) is 7.44. The Morgan fingerprint density at radius 2 is 0.867 bits per heavy atom. The summed E-state index contributed by atoms with van der Waals surface area (Å²) >= 11 is 0. The van der Waals surface area contributed by atoms with Crippen molar-refractivity contribution in [3.63, 3.8) is 0 Å². The van der Waals surface area contributed by atoms with Gasteiger partial charge in [-0.1, -0.05) is 60.7 Å². The molecule has 0 N–H and O–H groups in total. The molecule has 0 aliphatic carbocycles. The van der Waals surface area contributed by atoms with E-state index in [0.29, 0.717) is 13.1 Å². The third-order valence-electron chi connectivity index (χ3n) is 6.71. The molecule has 5 rings (SSSR count). The number of benzene rings is 2. The number of rotatable bonds is 4. The van der Waals surface area contributed by atoms with Gasteiger partial charge in [-0.15, -0.1) is 0 Å². The first-order chi connectivity index (χ1) is 14.3. The van der Waals surface area contributed by atoms with Crippen molar-refractivity contribution in [1.29, 1.82) is 0 Å². The summed E-state index contributed by atoms with van der Waals surface area (Å²) in [5.74, 6) is 0.385. The van der Waals surface area contributed by atoms with Gasteiger partial charge in [-0.2, -0.15) is 0 Å². The number of hydrogen-bond donors (Lipinski definition) is 0. The van der Waals surface area contributed by atoms with Crippen LogP contribution in [-0.2, 0) is 32.8 Å². The van der Waals surface area contributed by atoms with Crippen LogP contribution < -0.4 is 0 Å². The predicted molar refractivity (Wildman–Crippen MR) is 116 cm³/mol. The van der Waals surface area contributed by atoms with E-state index >= 15 is 0 Å². The first kappa shape index (κ1) is 20.2. The fourth-order valence-corrected chi connectivity index (χ4v) is 9.45. The lowest BCUT2D eigenvalue weighted by atomic mass is 9.93. The predicted octanol–water partition coefficient (Wildman–Crippen LogP) is 1.34. The van der Waals surface area contributed by atoms with Crippen LogP contribution in [0.2, 0.25) is 0 Å². The quantitative estimate of drug-likeness (QED) is 0.706. The molecule has 6 nitrogen and oxygen atoms in total. The zero-order valence-electron chi connectivity index (χ0n) is 16.7. The molecule has 0 aromatic heterocycles. The smallest absolute Gasteiger partial charge is 0.153 e. The molecule has 0 unspecified atom stereocenters. The van der Waals surface area contributed by atoms with E-state index in [1.54, 1.807) is 0 Å². The molecule has 3 heterocycles. The van der Waals surface area contributed by atoms with Gasteiger partial charge in [-0.25, -0.2) is 16.8 Å². The van der Waals surface area contributed by atoms with Gasteiger partial charge in [-0.3, -0.25) is 9.80 Å². The fourth-order valence-electron chi connectivity index (χ4n) is 5.44. The minimum Gasteiger partial charge on any atom is -0.288 e. The van der Waals surface area contributed by atoms with E-state index in [1.165, 1.54) is 0 Å². The average Bonchev–Trinajstić information content (AvgIpc) is 3.21. The highest BCUT2D eigenvalue weighted by atomic mass is 32.2. The minimum atomic E-state index is -3.17. The molecule has 0 radical (unpaired) electrons. The van der Waals surface area contributed by atoms with Crippen molar-refractivity contribution in [3.05, 3.63) is 71.8 Å². The highest BCUT2D eigenvalue weighted by Gasteiger charge is 2.57. The Morgan fingerprint density at radius 3 is 1.17 bits per heavy atom. The summed E-state index contributed by atoms with van der Waals surface area (Å²) in [6.07, 6.45) is 0. The second-order valence-corrected chi connectivity index (χ2v) is 13.0. The van der Waals surface area contributed by atoms with Crippen LogP contribution in [-0.4, -0.2) is 73.8 Å². The van der Waals surface area contributed by atoms with Crippen molar-refractivity contribution in [1.82, 2.24) is 9.80 Å². The summed E-state index contributed by atoms with van der Waals surface area (Å²) in [6, 6.07) is 19.1. The van der Waals surface area contributed by atoms with Gasteiger partial charge in [0.05, 0.1) is 23.0 Å². The molecule has 3 saturated heterocycles. The van der Waals surface area contributed by atoms with Gasteiger partial charge in [0.1, 0.15) is 0 Å². The molecule has 2 aromatic carbocycles. The molecular weight excluding hydrogens is 420 g/mol. The van der Waals surface area contributed by atoms with Crippen LogP contribution in [0.4, 0.5) is 0 Å². The molecule has 30 heavy (non-hydrogen) atoms. The van der Waals surface area contributed by atoms with Crippen LogP contribution in [0.3, 0.4) is 0 Å². The molecule has 3 fully saturated rings. The van der Waals surface area contributed by atoms with E-state index in [0.717, 1.165) is 11.1 Å². The van der Waals surface area contributed by atoms with Gasteiger partial charge in [0.2, 0.25) is 0 Å². The summed E-state index contributed by atoms with van der Waals surface area (Å²) in [6.45, 7) is 1.15. The Morgan fingerprint density at radius 1 is 0.567 bits per heavy atom. The summed E-state index contributed by atoms with van der Waals surface area (Å²) in [5.41, 5.74) is 2.17. The normalized spacial score (nSPS) is 32.5. The molecule has 3 aliphatic rings. The Hall–Kier alpha value is -1.74. The SMILES string of the molecule is O=S1(=O)C[C@@H]2[C@H](C1)N(Cc1ccccc1)[C@H]1CS(=O)(=O)C[C@H]1N2Cc1ccccc1. The molecule has 8 heteroatoms. The summed E-state index contributed by atoms with van der Waals surface area (Å²) in [4.78, 5) is 4.36. The zero-order chi connectivity index (χ0) is 20.9.